The van der Waals surface area contributed by atoms with E-state index in [0.29, 0.717) is 35.4 Å². The normalized spacial score (nSPS) is 10.4. The third kappa shape index (κ3) is 5.46. The Bertz CT molecular complexity index is 1160. The van der Waals surface area contributed by atoms with Crippen molar-refractivity contribution in [1.82, 2.24) is 4.98 Å². The molecule has 0 atom stereocenters. The minimum atomic E-state index is -0.381. The van der Waals surface area contributed by atoms with E-state index in [9.17, 15) is 4.79 Å². The molecule has 32 heavy (non-hydrogen) atoms. The Morgan fingerprint density at radius 1 is 0.875 bits per heavy atom. The lowest BCUT2D eigenvalue weighted by molar-refractivity contribution is 0.0992. The summed E-state index contributed by atoms with van der Waals surface area (Å²) in [6, 6.07) is 23.9. The highest BCUT2D eigenvalue weighted by molar-refractivity contribution is 6.02. The summed E-state index contributed by atoms with van der Waals surface area (Å²) in [5.41, 5.74) is 1.58. The van der Waals surface area contributed by atoms with E-state index in [2.05, 4.69) is 10.3 Å². The number of furan rings is 1. The van der Waals surface area contributed by atoms with E-state index in [4.69, 9.17) is 18.6 Å². The summed E-state index contributed by atoms with van der Waals surface area (Å²) in [6.07, 6.45) is 1.53. The van der Waals surface area contributed by atoms with Crippen molar-refractivity contribution in [2.24, 2.45) is 0 Å². The molecular weight excluding hydrogens is 408 g/mol. The van der Waals surface area contributed by atoms with Crippen molar-refractivity contribution in [3.63, 3.8) is 0 Å². The molecule has 2 heterocycles. The molecule has 2 aromatic carbocycles. The van der Waals surface area contributed by atoms with Crippen LogP contribution < -0.4 is 19.5 Å². The highest BCUT2D eigenvalue weighted by Crippen LogP contribution is 2.27. The minimum absolute atomic E-state index is 0.169. The van der Waals surface area contributed by atoms with Crippen LogP contribution in [0.25, 0.3) is 0 Å². The van der Waals surface area contributed by atoms with Gasteiger partial charge in [0.2, 0.25) is 5.88 Å². The van der Waals surface area contributed by atoms with Gasteiger partial charge in [-0.2, -0.15) is 0 Å². The summed E-state index contributed by atoms with van der Waals surface area (Å²) in [5.74, 6) is 2.00. The molecule has 0 aliphatic carbocycles. The van der Waals surface area contributed by atoms with E-state index in [1.807, 2.05) is 48.5 Å². The van der Waals surface area contributed by atoms with Crippen LogP contribution in [-0.2, 0) is 13.2 Å². The zero-order chi connectivity index (χ0) is 22.2. The van der Waals surface area contributed by atoms with Crippen molar-refractivity contribution in [1.29, 1.82) is 0 Å². The van der Waals surface area contributed by atoms with E-state index in [-0.39, 0.29) is 18.3 Å². The highest BCUT2D eigenvalue weighted by Gasteiger charge is 2.13. The molecule has 0 saturated heterocycles. The zero-order valence-corrected chi connectivity index (χ0v) is 17.5. The van der Waals surface area contributed by atoms with E-state index in [1.54, 1.807) is 37.4 Å². The van der Waals surface area contributed by atoms with Gasteiger partial charge in [0.15, 0.2) is 17.3 Å². The molecule has 0 fully saturated rings. The van der Waals surface area contributed by atoms with Crippen LogP contribution in [0.1, 0.15) is 21.9 Å². The molecule has 0 spiro atoms. The fourth-order valence-electron chi connectivity index (χ4n) is 2.93. The first-order chi connectivity index (χ1) is 15.7. The van der Waals surface area contributed by atoms with Crippen molar-refractivity contribution in [2.75, 3.05) is 12.4 Å². The van der Waals surface area contributed by atoms with Crippen LogP contribution in [-0.4, -0.2) is 18.0 Å². The zero-order valence-electron chi connectivity index (χ0n) is 17.5. The maximum Gasteiger partial charge on any atom is 0.291 e. The van der Waals surface area contributed by atoms with Crippen LogP contribution in [0.4, 0.5) is 5.69 Å². The number of amides is 1. The number of nitrogens with zero attached hydrogens (tertiary/aromatic N) is 1. The predicted octanol–water partition coefficient (Wildman–Crippen LogP) is 5.09. The number of ether oxygens (including phenoxy) is 3. The smallest absolute Gasteiger partial charge is 0.291 e. The minimum Gasteiger partial charge on any atom is -0.493 e. The number of carbonyl (C=O) groups is 1. The van der Waals surface area contributed by atoms with Gasteiger partial charge in [-0.3, -0.25) is 4.79 Å². The topological polar surface area (TPSA) is 82.8 Å². The number of nitrogens with one attached hydrogen (secondary N) is 1. The number of benzene rings is 2. The van der Waals surface area contributed by atoms with Gasteiger partial charge in [-0.15, -0.1) is 0 Å². The first-order valence-electron chi connectivity index (χ1n) is 10.00. The lowest BCUT2D eigenvalue weighted by Crippen LogP contribution is -2.11. The maximum absolute atomic E-state index is 12.5. The second-order valence-electron chi connectivity index (χ2n) is 6.82. The number of hydrogen-bond donors (Lipinski definition) is 1. The first kappa shape index (κ1) is 21.0. The number of pyridine rings is 1. The molecule has 7 heteroatoms. The number of aromatic nitrogens is 1. The monoisotopic (exact) mass is 430 g/mol. The molecular formula is C25H22N2O5. The van der Waals surface area contributed by atoms with Gasteiger partial charge in [0.1, 0.15) is 19.0 Å². The molecule has 0 radical (unpaired) electrons. The maximum atomic E-state index is 12.5. The van der Waals surface area contributed by atoms with Crippen LogP contribution in [0.2, 0.25) is 0 Å². The number of methoxy groups -OCH3 is 1. The third-order valence-electron chi connectivity index (χ3n) is 4.55. The van der Waals surface area contributed by atoms with Crippen molar-refractivity contribution >= 4 is 11.6 Å². The van der Waals surface area contributed by atoms with Crippen molar-refractivity contribution in [3.8, 4) is 17.4 Å². The average molecular weight is 430 g/mol. The molecule has 1 amide bonds. The average Bonchev–Trinajstić information content (AvgIpc) is 3.32. The van der Waals surface area contributed by atoms with Gasteiger partial charge in [-0.05, 0) is 35.9 Å². The van der Waals surface area contributed by atoms with Gasteiger partial charge in [-0.25, -0.2) is 4.98 Å². The molecule has 4 rings (SSSR count). The van der Waals surface area contributed by atoms with E-state index in [1.165, 1.54) is 6.20 Å². The number of anilines is 1. The molecule has 0 bridgehead atoms. The molecule has 0 aliphatic rings. The Morgan fingerprint density at radius 2 is 1.66 bits per heavy atom. The van der Waals surface area contributed by atoms with Gasteiger partial charge in [0.25, 0.3) is 5.91 Å². The Kier molecular flexibility index (Phi) is 6.67. The van der Waals surface area contributed by atoms with Gasteiger partial charge < -0.3 is 23.9 Å². The van der Waals surface area contributed by atoms with Crippen LogP contribution >= 0.6 is 0 Å². The Balaban J connectivity index is 1.30. The summed E-state index contributed by atoms with van der Waals surface area (Å²) in [4.78, 5) is 16.7. The largest absolute Gasteiger partial charge is 0.493 e. The standard InChI is InChI=1S/C25H22N2O5/c1-29-21-9-5-6-10-22(21)30-17-20-12-13-23(32-20)25(28)27-19-11-14-24(26-15-19)31-16-18-7-3-2-4-8-18/h2-15H,16-17H2,1H3,(H,27,28). The summed E-state index contributed by atoms with van der Waals surface area (Å²) in [7, 11) is 1.58. The van der Waals surface area contributed by atoms with Crippen LogP contribution in [0.15, 0.2) is 89.5 Å². The summed E-state index contributed by atoms with van der Waals surface area (Å²) < 4.78 is 22.2. The number of para-hydroxylation sites is 2. The SMILES string of the molecule is COc1ccccc1OCc1ccc(C(=O)Nc2ccc(OCc3ccccc3)nc2)o1. The number of carbonyl (C=O) groups excluding carboxylic acids is 1. The van der Waals surface area contributed by atoms with E-state index in [0.717, 1.165) is 5.56 Å². The fraction of sp³-hybridized carbons (Fsp3) is 0.120. The van der Waals surface area contributed by atoms with Crippen molar-refractivity contribution < 1.29 is 23.4 Å². The summed E-state index contributed by atoms with van der Waals surface area (Å²) in [5, 5.41) is 2.75. The van der Waals surface area contributed by atoms with Gasteiger partial charge in [0.05, 0.1) is 19.0 Å². The van der Waals surface area contributed by atoms with Crippen molar-refractivity contribution in [2.45, 2.75) is 13.2 Å². The first-order valence-corrected chi connectivity index (χ1v) is 10.00. The lowest BCUT2D eigenvalue weighted by Gasteiger charge is -2.09. The molecule has 7 nitrogen and oxygen atoms in total. The Hall–Kier alpha value is -4.26. The molecule has 2 aromatic heterocycles. The highest BCUT2D eigenvalue weighted by atomic mass is 16.5. The fourth-order valence-corrected chi connectivity index (χ4v) is 2.93. The molecule has 162 valence electrons. The van der Waals surface area contributed by atoms with Crippen LogP contribution in [0.3, 0.4) is 0 Å². The van der Waals surface area contributed by atoms with E-state index >= 15 is 0 Å². The quantitative estimate of drug-likeness (QED) is 0.398. The summed E-state index contributed by atoms with van der Waals surface area (Å²) in [6.45, 7) is 0.592. The third-order valence-corrected chi connectivity index (χ3v) is 4.55. The van der Waals surface area contributed by atoms with Crippen LogP contribution in [0, 0.1) is 0 Å². The number of hydrogen-bond acceptors (Lipinski definition) is 6. The lowest BCUT2D eigenvalue weighted by atomic mass is 10.2. The number of rotatable bonds is 9. The van der Waals surface area contributed by atoms with Gasteiger partial charge >= 0.3 is 0 Å². The van der Waals surface area contributed by atoms with Gasteiger partial charge in [0, 0.05) is 6.07 Å². The predicted molar refractivity (Wildman–Crippen MR) is 119 cm³/mol. The van der Waals surface area contributed by atoms with E-state index < -0.39 is 0 Å². The van der Waals surface area contributed by atoms with Crippen LogP contribution in [0.5, 0.6) is 17.4 Å². The second kappa shape index (κ2) is 10.2. The Morgan fingerprint density at radius 3 is 2.41 bits per heavy atom. The molecule has 1 N–H and O–H groups in total. The molecule has 4 aromatic rings. The molecule has 0 aliphatic heterocycles. The van der Waals surface area contributed by atoms with Gasteiger partial charge in [-0.1, -0.05) is 42.5 Å². The molecule has 0 unspecified atom stereocenters. The Labute approximate surface area is 185 Å². The van der Waals surface area contributed by atoms with Crippen molar-refractivity contribution in [3.05, 3.63) is 102 Å². The molecule has 0 saturated carbocycles. The summed E-state index contributed by atoms with van der Waals surface area (Å²) >= 11 is 0. The second-order valence-corrected chi connectivity index (χ2v) is 6.82.